The van der Waals surface area contributed by atoms with Crippen LogP contribution in [0, 0.1) is 0 Å². The highest BCUT2D eigenvalue weighted by atomic mass is 32.1. The van der Waals surface area contributed by atoms with Crippen LogP contribution in [-0.4, -0.2) is 34.6 Å². The van der Waals surface area contributed by atoms with Gasteiger partial charge in [-0.05, 0) is 67.3 Å². The van der Waals surface area contributed by atoms with Crippen molar-refractivity contribution in [3.63, 3.8) is 0 Å². The summed E-state index contributed by atoms with van der Waals surface area (Å²) in [5.74, 6) is 0.00929. The highest BCUT2D eigenvalue weighted by Gasteiger charge is 2.36. The molecule has 1 aliphatic heterocycles. The van der Waals surface area contributed by atoms with Crippen LogP contribution < -0.4 is 5.32 Å². The zero-order chi connectivity index (χ0) is 24.5. The maximum atomic E-state index is 13.7. The fraction of sp³-hybridized carbons (Fsp3) is 0.429. The van der Waals surface area contributed by atoms with E-state index in [2.05, 4.69) is 66.3 Å². The van der Waals surface area contributed by atoms with Crippen LogP contribution in [0.15, 0.2) is 42.6 Å². The Balaban J connectivity index is 1.59. The van der Waals surface area contributed by atoms with Crippen molar-refractivity contribution in [1.82, 2.24) is 14.8 Å². The zero-order valence-corrected chi connectivity index (χ0v) is 21.5. The predicted octanol–water partition coefficient (Wildman–Crippen LogP) is 5.72. The molecular weight excluding hydrogens is 458 g/mol. The second kappa shape index (κ2) is 9.90. The summed E-state index contributed by atoms with van der Waals surface area (Å²) in [5, 5.41) is 4.05. The van der Waals surface area contributed by atoms with Gasteiger partial charge in [-0.2, -0.15) is 0 Å². The Bertz CT molecular complexity index is 1220. The van der Waals surface area contributed by atoms with Gasteiger partial charge in [0.05, 0.1) is 24.9 Å². The number of rotatable bonds is 5. The van der Waals surface area contributed by atoms with E-state index < -0.39 is 5.97 Å². The first-order chi connectivity index (χ1) is 17.0. The lowest BCUT2D eigenvalue weighted by molar-refractivity contribution is -0.141. The minimum atomic E-state index is -0.425. The molecule has 7 heteroatoms. The monoisotopic (exact) mass is 491 g/mol. The van der Waals surface area contributed by atoms with Gasteiger partial charge in [0.25, 0.3) is 0 Å². The van der Waals surface area contributed by atoms with E-state index >= 15 is 0 Å². The van der Waals surface area contributed by atoms with E-state index in [0.717, 1.165) is 24.1 Å². The van der Waals surface area contributed by atoms with E-state index in [0.29, 0.717) is 19.1 Å². The molecule has 0 radical (unpaired) electrons. The van der Waals surface area contributed by atoms with Crippen molar-refractivity contribution in [1.29, 1.82) is 0 Å². The molecule has 184 valence electrons. The Kier molecular flexibility index (Phi) is 6.69. The molecule has 1 N–H and O–H groups in total. The highest BCUT2D eigenvalue weighted by molar-refractivity contribution is 7.15. The van der Waals surface area contributed by atoms with Crippen molar-refractivity contribution in [2.45, 2.75) is 65.0 Å². The Labute approximate surface area is 210 Å². The molecule has 1 aromatic carbocycles. The fourth-order valence-electron chi connectivity index (χ4n) is 5.26. The largest absolute Gasteiger partial charge is 0.465 e. The minimum absolute atomic E-state index is 0.141. The number of ether oxygens (including phenoxy) is 1. The normalized spacial score (nSPS) is 16.8. The van der Waals surface area contributed by atoms with Crippen molar-refractivity contribution in [2.24, 2.45) is 0 Å². The van der Waals surface area contributed by atoms with Crippen molar-refractivity contribution < 1.29 is 14.3 Å². The molecule has 0 saturated heterocycles. The van der Waals surface area contributed by atoms with E-state index in [-0.39, 0.29) is 18.6 Å². The third-order valence-corrected chi connectivity index (χ3v) is 8.38. The van der Waals surface area contributed by atoms with E-state index in [1.165, 1.54) is 39.4 Å². The molecule has 3 aromatic rings. The van der Waals surface area contributed by atoms with Crippen LogP contribution in [0.1, 0.15) is 78.4 Å². The van der Waals surface area contributed by atoms with Gasteiger partial charge < -0.3 is 19.5 Å². The molecule has 0 bridgehead atoms. The average molecular weight is 492 g/mol. The molecule has 0 saturated carbocycles. The lowest BCUT2D eigenvalue weighted by atomic mass is 9.94. The molecule has 0 spiro atoms. The molecule has 35 heavy (non-hydrogen) atoms. The van der Waals surface area contributed by atoms with Gasteiger partial charge in [0.1, 0.15) is 11.5 Å². The first kappa shape index (κ1) is 23.7. The van der Waals surface area contributed by atoms with E-state index in [1.54, 1.807) is 6.92 Å². The van der Waals surface area contributed by atoms with Gasteiger partial charge in [0, 0.05) is 16.6 Å². The van der Waals surface area contributed by atoms with Crippen molar-refractivity contribution in [2.75, 3.05) is 13.2 Å². The van der Waals surface area contributed by atoms with Gasteiger partial charge in [0.2, 0.25) is 0 Å². The number of aromatic nitrogens is 1. The van der Waals surface area contributed by atoms with E-state index in [4.69, 9.17) is 4.74 Å². The van der Waals surface area contributed by atoms with E-state index in [1.807, 2.05) is 16.2 Å². The number of benzene rings is 1. The lowest BCUT2D eigenvalue weighted by Crippen LogP contribution is -2.44. The maximum Gasteiger partial charge on any atom is 0.325 e. The Morgan fingerprint density at radius 3 is 2.63 bits per heavy atom. The van der Waals surface area contributed by atoms with Crippen molar-refractivity contribution in [3.05, 3.63) is 75.4 Å². The summed E-state index contributed by atoms with van der Waals surface area (Å²) in [7, 11) is 0. The zero-order valence-electron chi connectivity index (χ0n) is 20.7. The quantitative estimate of drug-likeness (QED) is 0.465. The second-order valence-corrected chi connectivity index (χ2v) is 10.7. The molecule has 2 aliphatic rings. The van der Waals surface area contributed by atoms with Gasteiger partial charge in [0.15, 0.2) is 0 Å². The third-order valence-electron chi connectivity index (χ3n) is 7.05. The Morgan fingerprint density at radius 2 is 1.89 bits per heavy atom. The van der Waals surface area contributed by atoms with Crippen LogP contribution in [0.2, 0.25) is 0 Å². The van der Waals surface area contributed by atoms with E-state index in [9.17, 15) is 9.59 Å². The number of hydrogen-bond acceptors (Lipinski definition) is 4. The number of aryl methyl sites for hydroxylation is 1. The standard InChI is InChI=1S/C28H33N3O3S/c1-4-34-25(32)16-29-28(33)31-17-22-21-8-5-6-10-24(21)35-27(22)30-15-7-9-23(30)26(31)20-13-11-19(12-14-20)18(2)3/h7,9,11-15,18,26H,4-6,8,10,16-17H2,1-3H3,(H,29,33). The fourth-order valence-corrected chi connectivity index (χ4v) is 6.67. The summed E-state index contributed by atoms with van der Waals surface area (Å²) in [5.41, 5.74) is 6.05. The summed E-state index contributed by atoms with van der Waals surface area (Å²) in [6.07, 6.45) is 6.69. The number of hydrogen-bond donors (Lipinski definition) is 1. The van der Waals surface area contributed by atoms with Gasteiger partial charge >= 0.3 is 12.0 Å². The number of amides is 2. The molecule has 0 fully saturated rings. The smallest absolute Gasteiger partial charge is 0.325 e. The van der Waals surface area contributed by atoms with Gasteiger partial charge in [-0.1, -0.05) is 38.1 Å². The summed E-state index contributed by atoms with van der Waals surface area (Å²) >= 11 is 1.87. The molecule has 5 rings (SSSR count). The van der Waals surface area contributed by atoms with Gasteiger partial charge in [-0.25, -0.2) is 4.79 Å². The van der Waals surface area contributed by atoms with Gasteiger partial charge in [-0.15, -0.1) is 11.3 Å². The molecule has 1 aliphatic carbocycles. The summed E-state index contributed by atoms with van der Waals surface area (Å²) in [6.45, 7) is 6.79. The van der Waals surface area contributed by atoms with Crippen LogP contribution in [0.4, 0.5) is 4.79 Å². The maximum absolute atomic E-state index is 13.7. The number of nitrogens with zero attached hydrogens (tertiary/aromatic N) is 2. The first-order valence-electron chi connectivity index (χ1n) is 12.6. The number of esters is 1. The summed E-state index contributed by atoms with van der Waals surface area (Å²) in [6, 6.07) is 12.2. The Morgan fingerprint density at radius 1 is 1.11 bits per heavy atom. The number of carbonyl (C=O) groups is 2. The average Bonchev–Trinajstić information content (AvgIpc) is 3.45. The number of thiophene rings is 1. The van der Waals surface area contributed by atoms with Crippen LogP contribution >= 0.6 is 11.3 Å². The van der Waals surface area contributed by atoms with Crippen molar-refractivity contribution >= 4 is 23.3 Å². The molecule has 1 unspecified atom stereocenters. The number of urea groups is 1. The van der Waals surface area contributed by atoms with Gasteiger partial charge in [-0.3, -0.25) is 4.79 Å². The molecule has 2 aromatic heterocycles. The predicted molar refractivity (Wildman–Crippen MR) is 138 cm³/mol. The Hall–Kier alpha value is -3.06. The third kappa shape index (κ3) is 4.49. The summed E-state index contributed by atoms with van der Waals surface area (Å²) in [4.78, 5) is 29.0. The van der Waals surface area contributed by atoms with Crippen LogP contribution in [-0.2, 0) is 28.9 Å². The molecule has 3 heterocycles. The molecule has 2 amide bonds. The number of nitrogens with one attached hydrogen (secondary N) is 1. The highest BCUT2D eigenvalue weighted by Crippen LogP contribution is 2.44. The lowest BCUT2D eigenvalue weighted by Gasteiger charge is -2.31. The van der Waals surface area contributed by atoms with Crippen LogP contribution in [0.5, 0.6) is 0 Å². The second-order valence-electron chi connectivity index (χ2n) is 9.61. The molecular formula is C28H33N3O3S. The number of fused-ring (bicyclic) bond motifs is 5. The molecule has 1 atom stereocenters. The number of carbonyl (C=O) groups excluding carboxylic acids is 2. The molecule has 6 nitrogen and oxygen atoms in total. The SMILES string of the molecule is CCOC(=O)CNC(=O)N1Cc2c(sc3c2CCCC3)-n2cccc2C1c1ccc(C(C)C)cc1. The van der Waals surface area contributed by atoms with Crippen molar-refractivity contribution in [3.8, 4) is 5.00 Å². The minimum Gasteiger partial charge on any atom is -0.465 e. The summed E-state index contributed by atoms with van der Waals surface area (Å²) < 4.78 is 7.31. The van der Waals surface area contributed by atoms with Crippen LogP contribution in [0.25, 0.3) is 5.00 Å². The first-order valence-corrected chi connectivity index (χ1v) is 13.4. The van der Waals surface area contributed by atoms with Crippen LogP contribution in [0.3, 0.4) is 0 Å². The topological polar surface area (TPSA) is 63.6 Å².